The molecule has 2 rings (SSSR count). The Bertz CT molecular complexity index is 622. The summed E-state index contributed by atoms with van der Waals surface area (Å²) >= 11 is 6.09. The molecule has 1 atom stereocenters. The summed E-state index contributed by atoms with van der Waals surface area (Å²) in [7, 11) is 1.58. The van der Waals surface area contributed by atoms with Crippen LogP contribution in [0.2, 0.25) is 5.02 Å². The number of hydrogen-bond acceptors (Lipinski definition) is 2. The molecule has 20 heavy (non-hydrogen) atoms. The van der Waals surface area contributed by atoms with Crippen molar-refractivity contribution < 1.29 is 9.13 Å². The second-order valence-corrected chi connectivity index (χ2v) is 5.22. The molecular formula is C16H17ClFNO. The summed E-state index contributed by atoms with van der Waals surface area (Å²) in [5, 5.41) is 0.319. The van der Waals surface area contributed by atoms with Crippen LogP contribution in [0.5, 0.6) is 5.75 Å². The van der Waals surface area contributed by atoms with Gasteiger partial charge in [-0.05, 0) is 43.2 Å². The van der Waals surface area contributed by atoms with Gasteiger partial charge in [-0.3, -0.25) is 0 Å². The van der Waals surface area contributed by atoms with E-state index in [0.29, 0.717) is 16.3 Å². The van der Waals surface area contributed by atoms with Gasteiger partial charge in [0.25, 0.3) is 0 Å². The molecule has 0 fully saturated rings. The standard InChI is InChI=1S/C16H17ClFNO/c1-9-7-10(2)14(13(8-9)20-3)16(19)15-11(17)5-4-6-12(15)18/h4-8,16H,19H2,1-3H3. The van der Waals surface area contributed by atoms with Crippen LogP contribution in [-0.4, -0.2) is 7.11 Å². The summed E-state index contributed by atoms with van der Waals surface area (Å²) in [6, 6.07) is 7.77. The number of benzene rings is 2. The molecule has 0 aliphatic carbocycles. The Morgan fingerprint density at radius 2 is 1.90 bits per heavy atom. The molecule has 2 N–H and O–H groups in total. The van der Waals surface area contributed by atoms with E-state index in [2.05, 4.69) is 0 Å². The molecule has 0 bridgehead atoms. The molecule has 0 heterocycles. The Kier molecular flexibility index (Phi) is 4.31. The van der Waals surface area contributed by atoms with Gasteiger partial charge in [-0.1, -0.05) is 23.7 Å². The third-order valence-corrected chi connectivity index (χ3v) is 3.66. The van der Waals surface area contributed by atoms with Crippen molar-refractivity contribution in [1.29, 1.82) is 0 Å². The van der Waals surface area contributed by atoms with Crippen LogP contribution in [0.4, 0.5) is 4.39 Å². The summed E-state index contributed by atoms with van der Waals surface area (Å²) in [4.78, 5) is 0. The van der Waals surface area contributed by atoms with Gasteiger partial charge in [0.1, 0.15) is 11.6 Å². The normalized spacial score (nSPS) is 12.3. The van der Waals surface area contributed by atoms with Crippen LogP contribution in [0.3, 0.4) is 0 Å². The molecule has 2 aromatic rings. The Balaban J connectivity index is 2.62. The quantitative estimate of drug-likeness (QED) is 0.922. The fourth-order valence-electron chi connectivity index (χ4n) is 2.46. The van der Waals surface area contributed by atoms with Crippen molar-refractivity contribution in [2.24, 2.45) is 5.73 Å². The number of rotatable bonds is 3. The molecule has 2 aromatic carbocycles. The topological polar surface area (TPSA) is 35.2 Å². The van der Waals surface area contributed by atoms with Crippen molar-refractivity contribution in [3.8, 4) is 5.75 Å². The van der Waals surface area contributed by atoms with Crippen LogP contribution in [-0.2, 0) is 0 Å². The molecule has 0 spiro atoms. The Hall–Kier alpha value is -1.58. The van der Waals surface area contributed by atoms with Gasteiger partial charge in [-0.2, -0.15) is 0 Å². The zero-order valence-corrected chi connectivity index (χ0v) is 12.5. The predicted molar refractivity (Wildman–Crippen MR) is 79.9 cm³/mol. The molecule has 1 unspecified atom stereocenters. The minimum atomic E-state index is -0.667. The monoisotopic (exact) mass is 293 g/mol. The maximum Gasteiger partial charge on any atom is 0.129 e. The minimum Gasteiger partial charge on any atom is -0.496 e. The summed E-state index contributed by atoms with van der Waals surface area (Å²) in [5.74, 6) is 0.237. The highest BCUT2D eigenvalue weighted by atomic mass is 35.5. The van der Waals surface area contributed by atoms with E-state index in [4.69, 9.17) is 22.1 Å². The summed E-state index contributed by atoms with van der Waals surface area (Å²) in [6.45, 7) is 3.90. The zero-order chi connectivity index (χ0) is 14.9. The fourth-order valence-corrected chi connectivity index (χ4v) is 2.74. The highest BCUT2D eigenvalue weighted by molar-refractivity contribution is 6.31. The Morgan fingerprint density at radius 3 is 2.50 bits per heavy atom. The van der Waals surface area contributed by atoms with Crippen molar-refractivity contribution in [3.05, 3.63) is 63.4 Å². The lowest BCUT2D eigenvalue weighted by Gasteiger charge is -2.20. The van der Waals surface area contributed by atoms with Crippen molar-refractivity contribution in [1.82, 2.24) is 0 Å². The van der Waals surface area contributed by atoms with Crippen LogP contribution in [0.1, 0.15) is 28.3 Å². The molecule has 0 aromatic heterocycles. The number of aryl methyl sites for hydroxylation is 2. The molecular weight excluding hydrogens is 277 g/mol. The molecule has 0 saturated heterocycles. The van der Waals surface area contributed by atoms with Gasteiger partial charge in [0.15, 0.2) is 0 Å². The first-order chi connectivity index (χ1) is 9.45. The largest absolute Gasteiger partial charge is 0.496 e. The predicted octanol–water partition coefficient (Wildman–Crippen LogP) is 4.15. The van der Waals surface area contributed by atoms with Crippen molar-refractivity contribution in [2.75, 3.05) is 7.11 Å². The number of nitrogens with two attached hydrogens (primary N) is 1. The third kappa shape index (κ3) is 2.65. The first-order valence-corrected chi connectivity index (χ1v) is 6.68. The van der Waals surface area contributed by atoms with Crippen molar-refractivity contribution >= 4 is 11.6 Å². The van der Waals surface area contributed by atoms with E-state index in [0.717, 1.165) is 16.7 Å². The molecule has 0 radical (unpaired) electrons. The van der Waals surface area contributed by atoms with Crippen LogP contribution in [0, 0.1) is 19.7 Å². The zero-order valence-electron chi connectivity index (χ0n) is 11.7. The maximum absolute atomic E-state index is 14.0. The SMILES string of the molecule is COc1cc(C)cc(C)c1C(N)c1c(F)cccc1Cl. The van der Waals surface area contributed by atoms with Crippen LogP contribution >= 0.6 is 11.6 Å². The second kappa shape index (κ2) is 5.81. The van der Waals surface area contributed by atoms with Gasteiger partial charge >= 0.3 is 0 Å². The molecule has 2 nitrogen and oxygen atoms in total. The lowest BCUT2D eigenvalue weighted by atomic mass is 9.93. The maximum atomic E-state index is 14.0. The van der Waals surface area contributed by atoms with Gasteiger partial charge in [-0.25, -0.2) is 4.39 Å². The van der Waals surface area contributed by atoms with E-state index in [1.807, 2.05) is 26.0 Å². The molecule has 0 saturated carbocycles. The van der Waals surface area contributed by atoms with Crippen LogP contribution in [0.15, 0.2) is 30.3 Å². The van der Waals surface area contributed by atoms with E-state index in [1.165, 1.54) is 6.07 Å². The van der Waals surface area contributed by atoms with Crippen LogP contribution < -0.4 is 10.5 Å². The molecule has 106 valence electrons. The second-order valence-electron chi connectivity index (χ2n) is 4.81. The van der Waals surface area contributed by atoms with Gasteiger partial charge in [0.2, 0.25) is 0 Å². The fraction of sp³-hybridized carbons (Fsp3) is 0.250. The first-order valence-electron chi connectivity index (χ1n) is 6.30. The van der Waals surface area contributed by atoms with E-state index in [1.54, 1.807) is 19.2 Å². The van der Waals surface area contributed by atoms with E-state index >= 15 is 0 Å². The third-order valence-electron chi connectivity index (χ3n) is 3.33. The minimum absolute atomic E-state index is 0.291. The van der Waals surface area contributed by atoms with E-state index in [9.17, 15) is 4.39 Å². The molecule has 0 aliphatic heterocycles. The number of ether oxygens (including phenoxy) is 1. The van der Waals surface area contributed by atoms with Gasteiger partial charge in [0.05, 0.1) is 13.2 Å². The Labute approximate surface area is 123 Å². The van der Waals surface area contributed by atoms with E-state index < -0.39 is 11.9 Å². The summed E-state index contributed by atoms with van der Waals surface area (Å²) < 4.78 is 19.4. The van der Waals surface area contributed by atoms with Gasteiger partial charge < -0.3 is 10.5 Å². The summed E-state index contributed by atoms with van der Waals surface area (Å²) in [5.41, 5.74) is 9.30. The number of hydrogen-bond donors (Lipinski definition) is 1. The highest BCUT2D eigenvalue weighted by Crippen LogP contribution is 2.36. The summed E-state index contributed by atoms with van der Waals surface area (Å²) in [6.07, 6.45) is 0. The lowest BCUT2D eigenvalue weighted by Crippen LogP contribution is -2.17. The number of halogens is 2. The molecule has 0 aliphatic rings. The first kappa shape index (κ1) is 14.8. The van der Waals surface area contributed by atoms with Crippen molar-refractivity contribution in [3.63, 3.8) is 0 Å². The van der Waals surface area contributed by atoms with E-state index in [-0.39, 0.29) is 0 Å². The average Bonchev–Trinajstić information content (AvgIpc) is 2.37. The molecule has 0 amide bonds. The average molecular weight is 294 g/mol. The lowest BCUT2D eigenvalue weighted by molar-refractivity contribution is 0.406. The Morgan fingerprint density at radius 1 is 1.20 bits per heavy atom. The van der Waals surface area contributed by atoms with Gasteiger partial charge in [0, 0.05) is 16.1 Å². The van der Waals surface area contributed by atoms with Gasteiger partial charge in [-0.15, -0.1) is 0 Å². The smallest absolute Gasteiger partial charge is 0.129 e. The number of methoxy groups -OCH3 is 1. The highest BCUT2D eigenvalue weighted by Gasteiger charge is 2.22. The molecule has 4 heteroatoms. The van der Waals surface area contributed by atoms with Crippen molar-refractivity contribution in [2.45, 2.75) is 19.9 Å². The van der Waals surface area contributed by atoms with Crippen LogP contribution in [0.25, 0.3) is 0 Å².